The van der Waals surface area contributed by atoms with E-state index >= 15 is 0 Å². The molecule has 3 rings (SSSR count). The number of nitrogens with zero attached hydrogens (tertiary/aromatic N) is 1. The highest BCUT2D eigenvalue weighted by Crippen LogP contribution is 2.31. The molecule has 5 nitrogen and oxygen atoms in total. The monoisotopic (exact) mass is 380 g/mol. The van der Waals surface area contributed by atoms with Gasteiger partial charge in [0.25, 0.3) is 0 Å². The Labute approximate surface area is 153 Å². The molecule has 0 spiro atoms. The molecule has 1 atom stereocenters. The summed E-state index contributed by atoms with van der Waals surface area (Å²) in [6, 6.07) is 12.5. The van der Waals surface area contributed by atoms with Crippen LogP contribution in [0.1, 0.15) is 6.42 Å². The molecule has 1 unspecified atom stereocenters. The Morgan fingerprint density at radius 2 is 1.88 bits per heavy atom. The molecule has 26 heavy (non-hydrogen) atoms. The topological polar surface area (TPSA) is 58.6 Å². The van der Waals surface area contributed by atoms with Crippen molar-refractivity contribution in [2.45, 2.75) is 13.0 Å². The predicted molar refractivity (Wildman–Crippen MR) is 93.6 cm³/mol. The third kappa shape index (κ3) is 4.11. The Kier molecular flexibility index (Phi) is 5.37. The van der Waals surface area contributed by atoms with Crippen molar-refractivity contribution in [1.29, 1.82) is 0 Å². The number of anilines is 2. The summed E-state index contributed by atoms with van der Waals surface area (Å²) in [6.07, 6.45) is 0.0730. The fourth-order valence-corrected chi connectivity index (χ4v) is 2.99. The third-order valence-corrected chi connectivity index (χ3v) is 4.31. The summed E-state index contributed by atoms with van der Waals surface area (Å²) in [5.41, 5.74) is 1.00. The van der Waals surface area contributed by atoms with Gasteiger partial charge in [0.2, 0.25) is 11.8 Å². The lowest BCUT2D eigenvalue weighted by atomic mass is 10.1. The molecule has 0 bridgehead atoms. The number of alkyl halides is 2. The number of para-hydroxylation sites is 1. The first-order valence-electron chi connectivity index (χ1n) is 7.84. The zero-order chi connectivity index (χ0) is 18.7. The van der Waals surface area contributed by atoms with Crippen LogP contribution in [0.5, 0.6) is 5.75 Å². The number of halogens is 3. The van der Waals surface area contributed by atoms with Gasteiger partial charge in [0.15, 0.2) is 0 Å². The van der Waals surface area contributed by atoms with Gasteiger partial charge in [-0.15, -0.1) is 0 Å². The highest BCUT2D eigenvalue weighted by atomic mass is 35.5. The second-order valence-corrected chi connectivity index (χ2v) is 6.16. The minimum Gasteiger partial charge on any atom is -0.435 e. The van der Waals surface area contributed by atoms with Gasteiger partial charge in [0.1, 0.15) is 5.75 Å². The van der Waals surface area contributed by atoms with E-state index in [0.29, 0.717) is 16.4 Å². The number of hydrogen-bond acceptors (Lipinski definition) is 3. The lowest BCUT2D eigenvalue weighted by Crippen LogP contribution is -2.28. The van der Waals surface area contributed by atoms with Gasteiger partial charge in [-0.3, -0.25) is 9.59 Å². The standard InChI is InChI=1S/C18H15ClF2N2O3/c19-14-3-1-2-4-15(14)23-10-11(9-16(23)24)17(25)22-12-5-7-13(8-6-12)26-18(20)21/h1-8,11,18H,9-10H2,(H,22,25). The Morgan fingerprint density at radius 3 is 2.54 bits per heavy atom. The number of nitrogens with one attached hydrogen (secondary N) is 1. The first-order chi connectivity index (χ1) is 12.4. The van der Waals surface area contributed by atoms with Crippen molar-refractivity contribution in [3.63, 3.8) is 0 Å². The van der Waals surface area contributed by atoms with Crippen LogP contribution in [0.3, 0.4) is 0 Å². The summed E-state index contributed by atoms with van der Waals surface area (Å²) in [6.45, 7) is -2.68. The summed E-state index contributed by atoms with van der Waals surface area (Å²) in [7, 11) is 0. The largest absolute Gasteiger partial charge is 0.435 e. The van der Waals surface area contributed by atoms with Crippen LogP contribution in [0.25, 0.3) is 0 Å². The molecule has 1 aliphatic rings. The molecule has 1 aliphatic heterocycles. The molecule has 2 aromatic rings. The van der Waals surface area contributed by atoms with Crippen molar-refractivity contribution in [2.75, 3.05) is 16.8 Å². The van der Waals surface area contributed by atoms with E-state index in [1.807, 2.05) is 0 Å². The highest BCUT2D eigenvalue weighted by Gasteiger charge is 2.35. The Balaban J connectivity index is 1.64. The molecular formula is C18H15ClF2N2O3. The zero-order valence-electron chi connectivity index (χ0n) is 13.5. The average Bonchev–Trinajstić information content (AvgIpc) is 2.98. The molecule has 0 aliphatic carbocycles. The number of carbonyl (C=O) groups is 2. The molecule has 1 N–H and O–H groups in total. The van der Waals surface area contributed by atoms with Gasteiger partial charge in [0, 0.05) is 18.7 Å². The van der Waals surface area contributed by atoms with Crippen LogP contribution >= 0.6 is 11.6 Å². The summed E-state index contributed by atoms with van der Waals surface area (Å²) in [4.78, 5) is 26.1. The molecular weight excluding hydrogens is 366 g/mol. The number of hydrogen-bond donors (Lipinski definition) is 1. The molecule has 0 saturated carbocycles. The van der Waals surface area contributed by atoms with Gasteiger partial charge >= 0.3 is 6.61 Å². The number of amides is 2. The summed E-state index contributed by atoms with van der Waals surface area (Å²) in [5.74, 6) is -1.04. The van der Waals surface area contributed by atoms with Crippen molar-refractivity contribution < 1.29 is 23.1 Å². The minimum atomic E-state index is -2.91. The van der Waals surface area contributed by atoms with E-state index in [1.54, 1.807) is 24.3 Å². The third-order valence-electron chi connectivity index (χ3n) is 3.99. The lowest BCUT2D eigenvalue weighted by molar-refractivity contribution is -0.122. The molecule has 8 heteroatoms. The molecule has 1 heterocycles. The molecule has 0 aromatic heterocycles. The van der Waals surface area contributed by atoms with Gasteiger partial charge < -0.3 is 15.0 Å². The molecule has 1 fully saturated rings. The van der Waals surface area contributed by atoms with E-state index in [1.165, 1.54) is 29.2 Å². The molecule has 1 saturated heterocycles. The SMILES string of the molecule is O=C(Nc1ccc(OC(F)F)cc1)C1CC(=O)N(c2ccccc2Cl)C1. The van der Waals surface area contributed by atoms with Crippen LogP contribution in [-0.4, -0.2) is 25.0 Å². The van der Waals surface area contributed by atoms with Crippen LogP contribution in [0.15, 0.2) is 48.5 Å². The maximum Gasteiger partial charge on any atom is 0.387 e. The maximum atomic E-state index is 12.4. The second kappa shape index (κ2) is 7.70. The highest BCUT2D eigenvalue weighted by molar-refractivity contribution is 6.33. The lowest BCUT2D eigenvalue weighted by Gasteiger charge is -2.18. The number of ether oxygens (including phenoxy) is 1. The van der Waals surface area contributed by atoms with Gasteiger partial charge in [-0.1, -0.05) is 23.7 Å². The number of carbonyl (C=O) groups excluding carboxylic acids is 2. The van der Waals surface area contributed by atoms with Crippen molar-refractivity contribution in [1.82, 2.24) is 0 Å². The quantitative estimate of drug-likeness (QED) is 0.855. The Morgan fingerprint density at radius 1 is 1.19 bits per heavy atom. The van der Waals surface area contributed by atoms with Crippen molar-refractivity contribution in [3.05, 3.63) is 53.6 Å². The normalized spacial score (nSPS) is 16.8. The molecule has 0 radical (unpaired) electrons. The summed E-state index contributed by atoms with van der Waals surface area (Å²) >= 11 is 6.12. The minimum absolute atomic E-state index is 0.000984. The summed E-state index contributed by atoms with van der Waals surface area (Å²) < 4.78 is 28.5. The number of benzene rings is 2. The van der Waals surface area contributed by atoms with Crippen LogP contribution in [0, 0.1) is 5.92 Å². The molecule has 2 aromatic carbocycles. The number of rotatable bonds is 5. The van der Waals surface area contributed by atoms with Crippen LogP contribution < -0.4 is 15.0 Å². The zero-order valence-corrected chi connectivity index (χ0v) is 14.2. The van der Waals surface area contributed by atoms with Crippen molar-refractivity contribution in [2.24, 2.45) is 5.92 Å². The van der Waals surface area contributed by atoms with E-state index < -0.39 is 12.5 Å². The average molecular weight is 381 g/mol. The van der Waals surface area contributed by atoms with Crippen LogP contribution in [0.4, 0.5) is 20.2 Å². The fraction of sp³-hybridized carbons (Fsp3) is 0.222. The predicted octanol–water partition coefficient (Wildman–Crippen LogP) is 3.93. The van der Waals surface area contributed by atoms with Gasteiger partial charge in [-0.25, -0.2) is 0 Å². The van der Waals surface area contributed by atoms with Crippen LogP contribution in [0.2, 0.25) is 5.02 Å². The summed E-state index contributed by atoms with van der Waals surface area (Å²) in [5, 5.41) is 3.12. The maximum absolute atomic E-state index is 12.4. The van der Waals surface area contributed by atoms with Gasteiger partial charge in [0.05, 0.1) is 16.6 Å². The Bertz CT molecular complexity index is 814. The van der Waals surface area contributed by atoms with Crippen LogP contribution in [-0.2, 0) is 9.59 Å². The van der Waals surface area contributed by atoms with E-state index in [4.69, 9.17) is 11.6 Å². The second-order valence-electron chi connectivity index (χ2n) is 5.75. The van der Waals surface area contributed by atoms with E-state index in [2.05, 4.69) is 10.1 Å². The molecule has 2 amide bonds. The first-order valence-corrected chi connectivity index (χ1v) is 8.22. The van der Waals surface area contributed by atoms with Gasteiger partial charge in [-0.2, -0.15) is 8.78 Å². The van der Waals surface area contributed by atoms with Gasteiger partial charge in [-0.05, 0) is 36.4 Å². The smallest absolute Gasteiger partial charge is 0.387 e. The molecule has 136 valence electrons. The van der Waals surface area contributed by atoms with E-state index in [0.717, 1.165) is 0 Å². The van der Waals surface area contributed by atoms with Crippen molar-refractivity contribution >= 4 is 34.8 Å². The Hall–Kier alpha value is -2.67. The van der Waals surface area contributed by atoms with Crippen molar-refractivity contribution in [3.8, 4) is 5.75 Å². The van der Waals surface area contributed by atoms with E-state index in [-0.39, 0.29) is 30.5 Å². The van der Waals surface area contributed by atoms with E-state index in [9.17, 15) is 18.4 Å². The fourth-order valence-electron chi connectivity index (χ4n) is 2.75. The first kappa shape index (κ1) is 18.1.